The SMILES string of the molecule is CCCN(C1=c2ccccc2=CC12C(=O)Nc1ccccc12)c1ccncc1. The number of rotatable bonds is 4. The Hall–Kier alpha value is -3.40. The summed E-state index contributed by atoms with van der Waals surface area (Å²) in [7, 11) is 0. The van der Waals surface area contributed by atoms with Crippen molar-refractivity contribution >= 4 is 29.1 Å². The van der Waals surface area contributed by atoms with E-state index < -0.39 is 5.41 Å². The number of pyridine rings is 1. The van der Waals surface area contributed by atoms with Crippen LogP contribution in [-0.2, 0) is 10.2 Å². The molecular weight excluding hydrogens is 346 g/mol. The monoisotopic (exact) mass is 367 g/mol. The molecule has 2 aliphatic rings. The van der Waals surface area contributed by atoms with Crippen molar-refractivity contribution in [1.29, 1.82) is 0 Å². The van der Waals surface area contributed by atoms with Crippen LogP contribution in [0.2, 0.25) is 0 Å². The smallest absolute Gasteiger partial charge is 0.245 e. The van der Waals surface area contributed by atoms with Crippen LogP contribution in [-0.4, -0.2) is 17.4 Å². The van der Waals surface area contributed by atoms with Crippen LogP contribution in [0.25, 0.3) is 11.8 Å². The van der Waals surface area contributed by atoms with Gasteiger partial charge in [-0.3, -0.25) is 9.78 Å². The Kier molecular flexibility index (Phi) is 3.79. The third-order valence-electron chi connectivity index (χ3n) is 5.61. The topological polar surface area (TPSA) is 45.2 Å². The van der Waals surface area contributed by atoms with Gasteiger partial charge in [-0.05, 0) is 29.8 Å². The van der Waals surface area contributed by atoms with Crippen LogP contribution in [0.4, 0.5) is 11.4 Å². The Balaban J connectivity index is 1.86. The maximum Gasteiger partial charge on any atom is 0.245 e. The van der Waals surface area contributed by atoms with Crippen molar-refractivity contribution in [3.05, 3.63) is 89.1 Å². The summed E-state index contributed by atoms with van der Waals surface area (Å²) in [6.07, 6.45) is 6.70. The lowest BCUT2D eigenvalue weighted by atomic mass is 9.79. The maximum atomic E-state index is 13.5. The highest BCUT2D eigenvalue weighted by Gasteiger charge is 2.52. The fourth-order valence-electron chi connectivity index (χ4n) is 4.49. The maximum absolute atomic E-state index is 13.5. The molecule has 1 atom stereocenters. The molecule has 2 heterocycles. The lowest BCUT2D eigenvalue weighted by Crippen LogP contribution is -2.42. The predicted octanol–water partition coefficient (Wildman–Crippen LogP) is 2.79. The molecule has 0 fully saturated rings. The summed E-state index contributed by atoms with van der Waals surface area (Å²) in [4.78, 5) is 19.9. The molecule has 1 amide bonds. The van der Waals surface area contributed by atoms with E-state index in [-0.39, 0.29) is 5.91 Å². The molecule has 2 aromatic carbocycles. The molecule has 1 unspecified atom stereocenters. The zero-order chi connectivity index (χ0) is 19.1. The molecule has 0 bridgehead atoms. The van der Waals surface area contributed by atoms with Crippen molar-refractivity contribution < 1.29 is 4.79 Å². The first-order chi connectivity index (χ1) is 13.8. The fourth-order valence-corrected chi connectivity index (χ4v) is 4.49. The van der Waals surface area contributed by atoms with Gasteiger partial charge >= 0.3 is 0 Å². The summed E-state index contributed by atoms with van der Waals surface area (Å²) in [5.74, 6) is 0.00931. The number of anilines is 2. The largest absolute Gasteiger partial charge is 0.343 e. The van der Waals surface area contributed by atoms with Gasteiger partial charge in [0.15, 0.2) is 0 Å². The molecule has 28 heavy (non-hydrogen) atoms. The molecular formula is C24H21N3O. The van der Waals surface area contributed by atoms with Gasteiger partial charge in [-0.1, -0.05) is 55.5 Å². The van der Waals surface area contributed by atoms with Crippen molar-refractivity contribution in [2.75, 3.05) is 16.8 Å². The van der Waals surface area contributed by atoms with Crippen LogP contribution in [0.15, 0.2) is 73.1 Å². The Bertz CT molecular complexity index is 1190. The van der Waals surface area contributed by atoms with Gasteiger partial charge in [-0.2, -0.15) is 0 Å². The summed E-state index contributed by atoms with van der Waals surface area (Å²) < 4.78 is 0. The van der Waals surface area contributed by atoms with E-state index in [9.17, 15) is 4.79 Å². The zero-order valence-electron chi connectivity index (χ0n) is 15.7. The van der Waals surface area contributed by atoms with Crippen LogP contribution < -0.4 is 20.7 Å². The first kappa shape index (κ1) is 16.8. The van der Waals surface area contributed by atoms with Gasteiger partial charge in [-0.15, -0.1) is 0 Å². The van der Waals surface area contributed by atoms with Crippen molar-refractivity contribution in [2.45, 2.75) is 18.8 Å². The number of nitrogens with zero attached hydrogens (tertiary/aromatic N) is 2. The Morgan fingerprint density at radius 3 is 2.57 bits per heavy atom. The molecule has 138 valence electrons. The van der Waals surface area contributed by atoms with Gasteiger partial charge in [0, 0.05) is 41.1 Å². The van der Waals surface area contributed by atoms with Gasteiger partial charge in [0.1, 0.15) is 5.41 Å². The normalized spacial score (nSPS) is 19.2. The van der Waals surface area contributed by atoms with Gasteiger partial charge in [-0.25, -0.2) is 0 Å². The molecule has 1 aliphatic carbocycles. The van der Waals surface area contributed by atoms with E-state index in [1.54, 1.807) is 12.4 Å². The van der Waals surface area contributed by atoms with E-state index in [2.05, 4.69) is 46.4 Å². The number of amides is 1. The van der Waals surface area contributed by atoms with Gasteiger partial charge in [0.05, 0.1) is 5.70 Å². The highest BCUT2D eigenvalue weighted by Crippen LogP contribution is 2.47. The fraction of sp³-hybridized carbons (Fsp3) is 0.167. The first-order valence-electron chi connectivity index (χ1n) is 9.67. The first-order valence-corrected chi connectivity index (χ1v) is 9.67. The highest BCUT2D eigenvalue weighted by atomic mass is 16.2. The highest BCUT2D eigenvalue weighted by molar-refractivity contribution is 6.19. The zero-order valence-corrected chi connectivity index (χ0v) is 15.7. The number of hydrogen-bond acceptors (Lipinski definition) is 3. The molecule has 0 saturated heterocycles. The summed E-state index contributed by atoms with van der Waals surface area (Å²) >= 11 is 0. The number of nitrogens with one attached hydrogen (secondary N) is 1. The van der Waals surface area contributed by atoms with Crippen LogP contribution in [0.5, 0.6) is 0 Å². The molecule has 0 radical (unpaired) electrons. The average Bonchev–Trinajstić information content (AvgIpc) is 3.22. The molecule has 0 saturated carbocycles. The number of para-hydroxylation sites is 1. The van der Waals surface area contributed by atoms with E-state index in [1.165, 1.54) is 0 Å². The van der Waals surface area contributed by atoms with Gasteiger partial charge in [0.2, 0.25) is 5.91 Å². The standard InChI is InChI=1S/C24H21N3O/c1-2-15-27(18-11-13-25-14-12-18)22-19-8-4-3-7-17(19)16-24(22)20-9-5-6-10-21(20)26-23(24)28/h3-14,16H,2,15H2,1H3,(H,26,28). The molecule has 1 N–H and O–H groups in total. The van der Waals surface area contributed by atoms with Gasteiger partial charge < -0.3 is 10.2 Å². The quantitative estimate of drug-likeness (QED) is 0.771. The third kappa shape index (κ3) is 2.24. The van der Waals surface area contributed by atoms with Gasteiger partial charge in [0.25, 0.3) is 0 Å². The third-order valence-corrected chi connectivity index (χ3v) is 5.61. The van der Waals surface area contributed by atoms with Crippen molar-refractivity contribution in [3.8, 4) is 0 Å². The average molecular weight is 367 g/mol. The van der Waals surface area contributed by atoms with Crippen molar-refractivity contribution in [1.82, 2.24) is 4.98 Å². The summed E-state index contributed by atoms with van der Waals surface area (Å²) in [5.41, 5.74) is 3.16. The van der Waals surface area contributed by atoms with Crippen LogP contribution in [0.3, 0.4) is 0 Å². The number of aromatic nitrogens is 1. The second kappa shape index (κ2) is 6.34. The number of benzene rings is 2. The Labute approximate surface area is 163 Å². The molecule has 5 rings (SSSR count). The van der Waals surface area contributed by atoms with Crippen LogP contribution in [0.1, 0.15) is 18.9 Å². The van der Waals surface area contributed by atoms with E-state index in [4.69, 9.17) is 0 Å². The molecule has 4 heteroatoms. The van der Waals surface area contributed by atoms with Crippen molar-refractivity contribution in [2.24, 2.45) is 0 Å². The lowest BCUT2D eigenvalue weighted by Gasteiger charge is -2.35. The minimum Gasteiger partial charge on any atom is -0.343 e. The minimum atomic E-state index is -0.821. The summed E-state index contributed by atoms with van der Waals surface area (Å²) in [6, 6.07) is 20.3. The number of carbonyl (C=O) groups is 1. The van der Waals surface area contributed by atoms with Crippen LogP contribution in [0, 0.1) is 0 Å². The molecule has 1 spiro atoms. The van der Waals surface area contributed by atoms with E-state index >= 15 is 0 Å². The van der Waals surface area contributed by atoms with E-state index in [0.717, 1.165) is 46.0 Å². The number of hydrogen-bond donors (Lipinski definition) is 1. The number of fused-ring (bicyclic) bond motifs is 3. The Morgan fingerprint density at radius 2 is 1.75 bits per heavy atom. The molecule has 4 nitrogen and oxygen atoms in total. The number of carbonyl (C=O) groups excluding carboxylic acids is 1. The van der Waals surface area contributed by atoms with E-state index in [0.29, 0.717) is 0 Å². The summed E-state index contributed by atoms with van der Waals surface area (Å²) in [5, 5.41) is 5.32. The minimum absolute atomic E-state index is 0.00931. The lowest BCUT2D eigenvalue weighted by molar-refractivity contribution is -0.117. The predicted molar refractivity (Wildman–Crippen MR) is 112 cm³/mol. The molecule has 3 aromatic rings. The summed E-state index contributed by atoms with van der Waals surface area (Å²) in [6.45, 7) is 2.98. The van der Waals surface area contributed by atoms with Crippen LogP contribution >= 0.6 is 0 Å². The second-order valence-electron chi connectivity index (χ2n) is 7.24. The molecule has 1 aromatic heterocycles. The van der Waals surface area contributed by atoms with Crippen molar-refractivity contribution in [3.63, 3.8) is 0 Å². The van der Waals surface area contributed by atoms with E-state index in [1.807, 2.05) is 42.5 Å². The Morgan fingerprint density at radius 1 is 1.00 bits per heavy atom. The molecule has 1 aliphatic heterocycles. The second-order valence-corrected chi connectivity index (χ2v) is 7.24.